The Bertz CT molecular complexity index is 675. The summed E-state index contributed by atoms with van der Waals surface area (Å²) in [4.78, 5) is 12.1. The predicted molar refractivity (Wildman–Crippen MR) is 80.2 cm³/mol. The Kier molecular flexibility index (Phi) is 3.84. The number of hydrogen-bond acceptors (Lipinski definition) is 3. The summed E-state index contributed by atoms with van der Waals surface area (Å²) in [6, 6.07) is 8.14. The van der Waals surface area contributed by atoms with Gasteiger partial charge in [-0.2, -0.15) is 4.73 Å². The van der Waals surface area contributed by atoms with Crippen LogP contribution >= 0.6 is 0 Å². The molecule has 5 heteroatoms. The first-order valence-electron chi connectivity index (χ1n) is 6.61. The molecule has 1 aromatic carbocycles. The Labute approximate surface area is 123 Å². The number of pyridine rings is 1. The molecule has 0 atom stereocenters. The van der Waals surface area contributed by atoms with Crippen LogP contribution in [0.25, 0.3) is 0 Å². The Morgan fingerprint density at radius 1 is 1.29 bits per heavy atom. The van der Waals surface area contributed by atoms with Crippen LogP contribution < -0.4 is 10.0 Å². The molecule has 2 aromatic rings. The summed E-state index contributed by atoms with van der Waals surface area (Å²) in [6.07, 6.45) is 2.48. The van der Waals surface area contributed by atoms with Crippen LogP contribution in [-0.4, -0.2) is 11.0 Å². The number of aromatic nitrogens is 1. The zero-order valence-corrected chi connectivity index (χ0v) is 12.3. The molecule has 0 radical (unpaired) electrons. The Balaban J connectivity index is 2.29. The van der Waals surface area contributed by atoms with Crippen LogP contribution in [-0.2, 0) is 5.41 Å². The van der Waals surface area contributed by atoms with Gasteiger partial charge in [-0.1, -0.05) is 26.8 Å². The van der Waals surface area contributed by atoms with Gasteiger partial charge in [-0.05, 0) is 29.2 Å². The first-order chi connectivity index (χ1) is 9.77. The van der Waals surface area contributed by atoms with Gasteiger partial charge in [0.1, 0.15) is 11.3 Å². The molecule has 0 spiro atoms. The molecular weight excluding hydrogens is 268 g/mol. The van der Waals surface area contributed by atoms with E-state index in [2.05, 4.69) is 5.32 Å². The molecule has 1 heterocycles. The smallest absolute Gasteiger partial charge is 0.261 e. The highest BCUT2D eigenvalue weighted by Crippen LogP contribution is 2.30. The number of benzene rings is 1. The molecule has 0 aliphatic carbocycles. The maximum absolute atomic E-state index is 12.1. The zero-order chi connectivity index (χ0) is 15.6. The highest BCUT2D eigenvalue weighted by molar-refractivity contribution is 6.04. The van der Waals surface area contributed by atoms with Crippen LogP contribution in [0.2, 0.25) is 0 Å². The van der Waals surface area contributed by atoms with Crippen molar-refractivity contribution in [2.24, 2.45) is 0 Å². The van der Waals surface area contributed by atoms with Crippen molar-refractivity contribution in [3.8, 4) is 5.75 Å². The summed E-state index contributed by atoms with van der Waals surface area (Å²) in [7, 11) is 0. The Hall–Kier alpha value is -2.56. The summed E-state index contributed by atoms with van der Waals surface area (Å²) in [5, 5.41) is 23.7. The monoisotopic (exact) mass is 286 g/mol. The van der Waals surface area contributed by atoms with E-state index in [0.717, 1.165) is 5.56 Å². The summed E-state index contributed by atoms with van der Waals surface area (Å²) in [5.74, 6) is -0.455. The number of aromatic hydroxyl groups is 1. The lowest BCUT2D eigenvalue weighted by molar-refractivity contribution is -0.605. The number of anilines is 1. The summed E-state index contributed by atoms with van der Waals surface area (Å²) >= 11 is 0. The van der Waals surface area contributed by atoms with Gasteiger partial charge in [-0.15, -0.1) is 0 Å². The molecule has 0 aliphatic heterocycles. The minimum atomic E-state index is -0.443. The molecule has 0 saturated carbocycles. The average molecular weight is 286 g/mol. The highest BCUT2D eigenvalue weighted by atomic mass is 16.5. The largest absolute Gasteiger partial charge is 0.619 e. The second-order valence-corrected chi connectivity index (χ2v) is 5.89. The van der Waals surface area contributed by atoms with Crippen LogP contribution in [0.3, 0.4) is 0 Å². The minimum Gasteiger partial charge on any atom is -0.619 e. The third kappa shape index (κ3) is 3.51. The predicted octanol–water partition coefficient (Wildman–Crippen LogP) is 2.58. The van der Waals surface area contributed by atoms with Crippen molar-refractivity contribution in [3.05, 3.63) is 59.1 Å². The molecule has 0 bridgehead atoms. The van der Waals surface area contributed by atoms with Crippen LogP contribution in [0.1, 0.15) is 36.7 Å². The van der Waals surface area contributed by atoms with Gasteiger partial charge in [0.05, 0.1) is 5.69 Å². The van der Waals surface area contributed by atoms with Crippen molar-refractivity contribution >= 4 is 11.6 Å². The van der Waals surface area contributed by atoms with E-state index in [-0.39, 0.29) is 16.7 Å². The van der Waals surface area contributed by atoms with E-state index in [1.165, 1.54) is 24.5 Å². The molecular formula is C16H18N2O3. The SMILES string of the molecule is CC(C)(C)c1ccc(O)c(NC(=O)c2ccc[n+]([O-])c2)c1. The zero-order valence-electron chi connectivity index (χ0n) is 12.3. The number of phenolic OH excluding ortho intramolecular Hbond substituents is 1. The average Bonchev–Trinajstić information content (AvgIpc) is 2.40. The van der Waals surface area contributed by atoms with E-state index in [1.807, 2.05) is 26.8 Å². The maximum Gasteiger partial charge on any atom is 0.261 e. The number of amides is 1. The minimum absolute atomic E-state index is 0.0118. The van der Waals surface area contributed by atoms with Gasteiger partial charge in [0.25, 0.3) is 5.91 Å². The standard InChI is InChI=1S/C16H18N2O3/c1-16(2,3)12-6-7-14(19)13(9-12)17-15(20)11-5-4-8-18(21)10-11/h4-10,19H,1-3H3,(H,17,20). The van der Waals surface area contributed by atoms with E-state index in [4.69, 9.17) is 0 Å². The molecule has 5 nitrogen and oxygen atoms in total. The van der Waals surface area contributed by atoms with E-state index in [9.17, 15) is 15.1 Å². The van der Waals surface area contributed by atoms with Gasteiger partial charge in [-0.3, -0.25) is 4.79 Å². The molecule has 1 aromatic heterocycles. The van der Waals surface area contributed by atoms with Crippen LogP contribution in [0.5, 0.6) is 5.75 Å². The van der Waals surface area contributed by atoms with Gasteiger partial charge in [0, 0.05) is 6.07 Å². The lowest BCUT2D eigenvalue weighted by Gasteiger charge is -2.20. The van der Waals surface area contributed by atoms with Crippen molar-refractivity contribution in [1.29, 1.82) is 0 Å². The highest BCUT2D eigenvalue weighted by Gasteiger charge is 2.17. The molecule has 0 fully saturated rings. The van der Waals surface area contributed by atoms with Crippen molar-refractivity contribution in [3.63, 3.8) is 0 Å². The first-order valence-corrected chi connectivity index (χ1v) is 6.61. The number of rotatable bonds is 2. The first kappa shape index (κ1) is 14.8. The molecule has 0 aliphatic rings. The topological polar surface area (TPSA) is 76.3 Å². The van der Waals surface area contributed by atoms with E-state index >= 15 is 0 Å². The van der Waals surface area contributed by atoms with Crippen molar-refractivity contribution in [2.45, 2.75) is 26.2 Å². The molecule has 1 amide bonds. The normalized spacial score (nSPS) is 11.2. The van der Waals surface area contributed by atoms with Gasteiger partial charge < -0.3 is 15.6 Å². The quantitative estimate of drug-likeness (QED) is 0.506. The molecule has 21 heavy (non-hydrogen) atoms. The number of hydrogen-bond donors (Lipinski definition) is 2. The van der Waals surface area contributed by atoms with Gasteiger partial charge in [0.2, 0.25) is 0 Å². The number of nitrogens with zero attached hydrogens (tertiary/aromatic N) is 1. The van der Waals surface area contributed by atoms with Crippen LogP contribution in [0.15, 0.2) is 42.7 Å². The Morgan fingerprint density at radius 3 is 2.62 bits per heavy atom. The summed E-state index contributed by atoms with van der Waals surface area (Å²) < 4.78 is 0.556. The molecule has 0 saturated heterocycles. The third-order valence-corrected chi connectivity index (χ3v) is 3.15. The van der Waals surface area contributed by atoms with Crippen LogP contribution in [0, 0.1) is 5.21 Å². The van der Waals surface area contributed by atoms with Crippen molar-refractivity contribution < 1.29 is 14.6 Å². The molecule has 2 N–H and O–H groups in total. The third-order valence-electron chi connectivity index (χ3n) is 3.15. The molecule has 2 rings (SSSR count). The van der Waals surface area contributed by atoms with Crippen molar-refractivity contribution in [2.75, 3.05) is 5.32 Å². The number of nitrogens with one attached hydrogen (secondary N) is 1. The molecule has 110 valence electrons. The second kappa shape index (κ2) is 5.44. The van der Waals surface area contributed by atoms with Gasteiger partial charge >= 0.3 is 0 Å². The van der Waals surface area contributed by atoms with E-state index in [0.29, 0.717) is 10.4 Å². The number of carbonyl (C=O) groups excluding carboxylic acids is 1. The fourth-order valence-electron chi connectivity index (χ4n) is 1.89. The second-order valence-electron chi connectivity index (χ2n) is 5.89. The number of phenols is 1. The van der Waals surface area contributed by atoms with Crippen molar-refractivity contribution in [1.82, 2.24) is 0 Å². The lowest BCUT2D eigenvalue weighted by Crippen LogP contribution is -2.27. The fraction of sp³-hybridized carbons (Fsp3) is 0.250. The van der Waals surface area contributed by atoms with Crippen LogP contribution in [0.4, 0.5) is 5.69 Å². The fourth-order valence-corrected chi connectivity index (χ4v) is 1.89. The lowest BCUT2D eigenvalue weighted by atomic mass is 9.87. The maximum atomic E-state index is 12.1. The summed E-state index contributed by atoms with van der Waals surface area (Å²) in [6.45, 7) is 6.13. The number of carbonyl (C=O) groups is 1. The van der Waals surface area contributed by atoms with E-state index < -0.39 is 5.91 Å². The van der Waals surface area contributed by atoms with Gasteiger partial charge in [-0.25, -0.2) is 0 Å². The Morgan fingerprint density at radius 2 is 2.00 bits per heavy atom. The molecule has 0 unspecified atom stereocenters. The van der Waals surface area contributed by atoms with E-state index in [1.54, 1.807) is 12.1 Å². The van der Waals surface area contributed by atoms with Gasteiger partial charge in [0.15, 0.2) is 12.4 Å². The summed E-state index contributed by atoms with van der Waals surface area (Å²) in [5.41, 5.74) is 1.45.